The molecule has 10 nitrogen and oxygen atoms in total. The average molecular weight is 512 g/mol. The van der Waals surface area contributed by atoms with Crippen LogP contribution in [0.1, 0.15) is 27.1 Å². The highest BCUT2D eigenvalue weighted by Crippen LogP contribution is 2.37. The topological polar surface area (TPSA) is 124 Å². The number of sulfonamides is 1. The largest absolute Gasteiger partial charge is 0.493 e. The van der Waals surface area contributed by atoms with Gasteiger partial charge >= 0.3 is 0 Å². The first-order valence-electron chi connectivity index (χ1n) is 11.0. The summed E-state index contributed by atoms with van der Waals surface area (Å²) in [6, 6.07) is 14.4. The molecule has 3 aromatic rings. The number of anilines is 2. The fourth-order valence-electron chi connectivity index (χ4n) is 3.67. The number of rotatable bonds is 8. The first kappa shape index (κ1) is 25.1. The second-order valence-electron chi connectivity index (χ2n) is 8.07. The summed E-state index contributed by atoms with van der Waals surface area (Å²) in [6.45, 7) is 1.07. The van der Waals surface area contributed by atoms with Crippen molar-refractivity contribution in [3.63, 3.8) is 0 Å². The van der Waals surface area contributed by atoms with Gasteiger partial charge in [-0.15, -0.1) is 0 Å². The smallest absolute Gasteiger partial charge is 0.264 e. The Labute approximate surface area is 208 Å². The van der Waals surface area contributed by atoms with E-state index >= 15 is 0 Å². The summed E-state index contributed by atoms with van der Waals surface area (Å²) in [4.78, 5) is 31.3. The molecule has 0 radical (unpaired) electrons. The molecule has 1 aliphatic heterocycles. The van der Waals surface area contributed by atoms with E-state index in [1.807, 2.05) is 4.72 Å². The van der Waals surface area contributed by atoms with Gasteiger partial charge in [-0.2, -0.15) is 0 Å². The van der Waals surface area contributed by atoms with Crippen LogP contribution in [0.25, 0.3) is 0 Å². The highest BCUT2D eigenvalue weighted by Gasteiger charge is 2.24. The zero-order chi connectivity index (χ0) is 25.7. The van der Waals surface area contributed by atoms with Gasteiger partial charge in [-0.25, -0.2) is 13.1 Å². The maximum absolute atomic E-state index is 13.6. The predicted octanol–water partition coefficient (Wildman–Crippen LogP) is 2.93. The summed E-state index contributed by atoms with van der Waals surface area (Å²) in [7, 11) is -2.18. The summed E-state index contributed by atoms with van der Waals surface area (Å²) in [5, 5.41) is 0. The summed E-state index contributed by atoms with van der Waals surface area (Å²) in [5.74, 6) is -0.171. The third-order valence-electron chi connectivity index (χ3n) is 5.36. The van der Waals surface area contributed by atoms with Gasteiger partial charge in [0.05, 0.1) is 37.8 Å². The van der Waals surface area contributed by atoms with E-state index in [4.69, 9.17) is 14.2 Å². The van der Waals surface area contributed by atoms with Crippen LogP contribution in [0.2, 0.25) is 0 Å². The van der Waals surface area contributed by atoms with Crippen molar-refractivity contribution < 1.29 is 32.2 Å². The van der Waals surface area contributed by atoms with Crippen molar-refractivity contribution in [3.8, 4) is 11.5 Å². The molecule has 0 spiro atoms. The van der Waals surface area contributed by atoms with E-state index in [-0.39, 0.29) is 17.6 Å². The number of carbonyl (C=O) groups is 2. The Hall–Kier alpha value is -3.96. The monoisotopic (exact) mass is 511 g/mol. The average Bonchev–Trinajstić information content (AvgIpc) is 3.37. The van der Waals surface area contributed by atoms with E-state index in [0.717, 1.165) is 12.7 Å². The van der Waals surface area contributed by atoms with Crippen LogP contribution >= 0.6 is 0 Å². The SMILES string of the molecule is COc1ccc(N(C(=O)c2cccnc2)c2ccc(C(=O)NS(C)(=O)=O)cc2)cc1O[C@@H]1CCOC1. The lowest BCUT2D eigenvalue weighted by atomic mass is 10.1. The van der Waals surface area contributed by atoms with Gasteiger partial charge in [-0.05, 0) is 48.5 Å². The third kappa shape index (κ3) is 5.99. The van der Waals surface area contributed by atoms with Gasteiger partial charge in [-0.1, -0.05) is 0 Å². The van der Waals surface area contributed by atoms with Crippen LogP contribution in [-0.4, -0.2) is 57.9 Å². The Balaban J connectivity index is 1.73. The Bertz CT molecular complexity index is 1340. The van der Waals surface area contributed by atoms with Gasteiger partial charge < -0.3 is 14.2 Å². The lowest BCUT2D eigenvalue weighted by Gasteiger charge is -2.25. The van der Waals surface area contributed by atoms with Gasteiger partial charge in [0.2, 0.25) is 10.0 Å². The Kier molecular flexibility index (Phi) is 7.51. The molecule has 1 saturated heterocycles. The van der Waals surface area contributed by atoms with E-state index in [1.54, 1.807) is 48.7 Å². The predicted molar refractivity (Wildman–Crippen MR) is 132 cm³/mol. The van der Waals surface area contributed by atoms with Crippen LogP contribution in [0.5, 0.6) is 11.5 Å². The van der Waals surface area contributed by atoms with E-state index < -0.39 is 15.9 Å². The van der Waals surface area contributed by atoms with Gasteiger partial charge in [0.25, 0.3) is 11.8 Å². The van der Waals surface area contributed by atoms with Crippen LogP contribution in [-0.2, 0) is 14.8 Å². The molecular formula is C25H25N3O7S. The molecule has 36 heavy (non-hydrogen) atoms. The fraction of sp³-hybridized carbons (Fsp3) is 0.240. The number of aromatic nitrogens is 1. The molecule has 0 aliphatic carbocycles. The highest BCUT2D eigenvalue weighted by atomic mass is 32.2. The molecule has 2 aromatic carbocycles. The summed E-state index contributed by atoms with van der Waals surface area (Å²) in [5.41, 5.74) is 1.41. The van der Waals surface area contributed by atoms with Crippen molar-refractivity contribution >= 4 is 33.2 Å². The van der Waals surface area contributed by atoms with E-state index in [9.17, 15) is 18.0 Å². The number of benzene rings is 2. The van der Waals surface area contributed by atoms with Crippen molar-refractivity contribution in [2.75, 3.05) is 31.5 Å². The molecule has 0 unspecified atom stereocenters. The molecule has 11 heteroatoms. The van der Waals surface area contributed by atoms with E-state index in [0.29, 0.717) is 41.7 Å². The highest BCUT2D eigenvalue weighted by molar-refractivity contribution is 7.89. The molecule has 1 aliphatic rings. The lowest BCUT2D eigenvalue weighted by molar-refractivity contribution is 0.0979. The first-order chi connectivity index (χ1) is 17.2. The first-order valence-corrected chi connectivity index (χ1v) is 12.9. The van der Waals surface area contributed by atoms with Crippen molar-refractivity contribution in [1.82, 2.24) is 9.71 Å². The minimum Gasteiger partial charge on any atom is -0.493 e. The Morgan fingerprint density at radius 3 is 2.42 bits per heavy atom. The normalized spacial score (nSPS) is 15.2. The number of hydrogen-bond donors (Lipinski definition) is 1. The molecule has 2 amide bonds. The molecule has 1 aromatic heterocycles. The fourth-order valence-corrected chi connectivity index (χ4v) is 4.13. The summed E-state index contributed by atoms with van der Waals surface area (Å²) in [6.07, 6.45) is 4.53. The van der Waals surface area contributed by atoms with Gasteiger partial charge in [-0.3, -0.25) is 19.5 Å². The molecule has 188 valence electrons. The Morgan fingerprint density at radius 2 is 1.81 bits per heavy atom. The maximum Gasteiger partial charge on any atom is 0.264 e. The van der Waals surface area contributed by atoms with Crippen LogP contribution in [0.3, 0.4) is 0 Å². The second kappa shape index (κ2) is 10.8. The number of amides is 2. The third-order valence-corrected chi connectivity index (χ3v) is 5.92. The molecular weight excluding hydrogens is 486 g/mol. The second-order valence-corrected chi connectivity index (χ2v) is 9.82. The minimum absolute atomic E-state index is 0.123. The van der Waals surface area contributed by atoms with E-state index in [2.05, 4.69) is 4.98 Å². The van der Waals surface area contributed by atoms with Crippen molar-refractivity contribution in [2.45, 2.75) is 12.5 Å². The van der Waals surface area contributed by atoms with Crippen molar-refractivity contribution in [1.29, 1.82) is 0 Å². The number of carbonyl (C=O) groups excluding carboxylic acids is 2. The van der Waals surface area contributed by atoms with Crippen molar-refractivity contribution in [2.24, 2.45) is 0 Å². The number of ether oxygens (including phenoxy) is 3. The number of pyridine rings is 1. The van der Waals surface area contributed by atoms with Crippen LogP contribution < -0.4 is 19.1 Å². The van der Waals surface area contributed by atoms with Crippen molar-refractivity contribution in [3.05, 3.63) is 78.1 Å². The number of hydrogen-bond acceptors (Lipinski definition) is 8. The summed E-state index contributed by atoms with van der Waals surface area (Å²) < 4.78 is 41.7. The zero-order valence-corrected chi connectivity index (χ0v) is 20.5. The quantitative estimate of drug-likeness (QED) is 0.490. The molecule has 1 N–H and O–H groups in total. The lowest BCUT2D eigenvalue weighted by Crippen LogP contribution is -2.29. The molecule has 0 saturated carbocycles. The Morgan fingerprint density at radius 1 is 1.06 bits per heavy atom. The van der Waals surface area contributed by atoms with E-state index in [1.165, 1.54) is 30.3 Å². The zero-order valence-electron chi connectivity index (χ0n) is 19.7. The standard InChI is InChI=1S/C25H25N3O7S/c1-33-22-10-9-20(14-23(22)35-21-11-13-34-16-21)28(25(30)18-4-3-12-26-15-18)19-7-5-17(6-8-19)24(29)27-36(2,31)32/h3-10,12,14-15,21H,11,13,16H2,1-2H3,(H,27,29)/t21-/m1/s1. The van der Waals surface area contributed by atoms with Gasteiger partial charge in [0.1, 0.15) is 6.10 Å². The van der Waals surface area contributed by atoms with Crippen LogP contribution in [0.15, 0.2) is 67.0 Å². The summed E-state index contributed by atoms with van der Waals surface area (Å²) >= 11 is 0. The van der Waals surface area contributed by atoms with Crippen LogP contribution in [0.4, 0.5) is 11.4 Å². The number of nitrogens with one attached hydrogen (secondary N) is 1. The molecule has 1 atom stereocenters. The maximum atomic E-state index is 13.6. The number of nitrogens with zero attached hydrogens (tertiary/aromatic N) is 2. The molecule has 0 bridgehead atoms. The van der Waals surface area contributed by atoms with Gasteiger partial charge in [0, 0.05) is 36.1 Å². The number of methoxy groups -OCH3 is 1. The molecule has 2 heterocycles. The molecule has 1 fully saturated rings. The van der Waals surface area contributed by atoms with Crippen LogP contribution in [0, 0.1) is 0 Å². The van der Waals surface area contributed by atoms with Gasteiger partial charge in [0.15, 0.2) is 11.5 Å². The molecule has 4 rings (SSSR count). The minimum atomic E-state index is -3.72.